The van der Waals surface area contributed by atoms with Gasteiger partial charge in [-0.05, 0) is 48.7 Å². The molecule has 2 aliphatic heterocycles. The molecule has 1 saturated heterocycles. The fourth-order valence-corrected chi connectivity index (χ4v) is 3.63. The standard InChI is InChI=1S/C21H21ClN2O4/c22-16-4-1-14(2-5-16)11-20(25)23-17-7-9-24(10-8-17)21(26)15-3-6-18-19(12-15)28-13-27-18/h1-6,12,17H,7-11,13H2,(H,23,25). The van der Waals surface area contributed by atoms with Gasteiger partial charge in [0.25, 0.3) is 5.91 Å². The third kappa shape index (κ3) is 4.22. The lowest BCUT2D eigenvalue weighted by Crippen LogP contribution is -2.46. The molecule has 0 atom stereocenters. The minimum absolute atomic E-state index is 0.0112. The SMILES string of the molecule is O=C(Cc1ccc(Cl)cc1)NC1CCN(C(=O)c2ccc3c(c2)OCO3)CC1. The monoisotopic (exact) mass is 400 g/mol. The Morgan fingerprint density at radius 1 is 1.04 bits per heavy atom. The number of fused-ring (bicyclic) bond motifs is 1. The minimum atomic E-state index is -0.0239. The number of ether oxygens (including phenoxy) is 2. The van der Waals surface area contributed by atoms with Crippen molar-refractivity contribution in [2.45, 2.75) is 25.3 Å². The van der Waals surface area contributed by atoms with E-state index in [4.69, 9.17) is 21.1 Å². The van der Waals surface area contributed by atoms with Crippen molar-refractivity contribution >= 4 is 23.4 Å². The van der Waals surface area contributed by atoms with Crippen LogP contribution in [0.2, 0.25) is 5.02 Å². The molecule has 28 heavy (non-hydrogen) atoms. The maximum Gasteiger partial charge on any atom is 0.253 e. The first-order chi connectivity index (χ1) is 13.6. The lowest BCUT2D eigenvalue weighted by molar-refractivity contribution is -0.121. The molecular weight excluding hydrogens is 380 g/mol. The quantitative estimate of drug-likeness (QED) is 0.856. The summed E-state index contributed by atoms with van der Waals surface area (Å²) in [6.07, 6.45) is 1.80. The Morgan fingerprint density at radius 3 is 2.50 bits per heavy atom. The third-order valence-electron chi connectivity index (χ3n) is 5.04. The van der Waals surface area contributed by atoms with E-state index in [-0.39, 0.29) is 24.6 Å². The summed E-state index contributed by atoms with van der Waals surface area (Å²) in [5.41, 5.74) is 1.52. The summed E-state index contributed by atoms with van der Waals surface area (Å²) < 4.78 is 10.6. The molecule has 0 radical (unpaired) electrons. The Kier molecular flexibility index (Phi) is 5.39. The Hall–Kier alpha value is -2.73. The van der Waals surface area contributed by atoms with Crippen LogP contribution in [-0.4, -0.2) is 42.6 Å². The summed E-state index contributed by atoms with van der Waals surface area (Å²) in [6, 6.07) is 12.6. The van der Waals surface area contributed by atoms with Crippen LogP contribution in [0.25, 0.3) is 0 Å². The van der Waals surface area contributed by atoms with Gasteiger partial charge in [0.05, 0.1) is 6.42 Å². The first-order valence-corrected chi connectivity index (χ1v) is 9.69. The van der Waals surface area contributed by atoms with Crippen LogP contribution in [0.5, 0.6) is 11.5 Å². The molecule has 2 amide bonds. The average Bonchev–Trinajstić information content (AvgIpc) is 3.17. The van der Waals surface area contributed by atoms with Crippen molar-refractivity contribution in [3.63, 3.8) is 0 Å². The van der Waals surface area contributed by atoms with Crippen LogP contribution < -0.4 is 14.8 Å². The van der Waals surface area contributed by atoms with E-state index in [9.17, 15) is 9.59 Å². The lowest BCUT2D eigenvalue weighted by Gasteiger charge is -2.32. The highest BCUT2D eigenvalue weighted by Crippen LogP contribution is 2.33. The molecule has 1 N–H and O–H groups in total. The maximum atomic E-state index is 12.7. The second-order valence-corrected chi connectivity index (χ2v) is 7.44. The summed E-state index contributed by atoms with van der Waals surface area (Å²) in [4.78, 5) is 26.8. The molecule has 0 unspecified atom stereocenters. The summed E-state index contributed by atoms with van der Waals surface area (Å²) >= 11 is 5.87. The minimum Gasteiger partial charge on any atom is -0.454 e. The maximum absolute atomic E-state index is 12.7. The number of carbonyl (C=O) groups excluding carboxylic acids is 2. The second-order valence-electron chi connectivity index (χ2n) is 7.01. The molecule has 2 aromatic rings. The number of nitrogens with one attached hydrogen (secondary N) is 1. The molecule has 2 aromatic carbocycles. The van der Waals surface area contributed by atoms with Gasteiger partial charge in [-0.15, -0.1) is 0 Å². The molecule has 0 aliphatic carbocycles. The van der Waals surface area contributed by atoms with Crippen molar-refractivity contribution in [1.82, 2.24) is 10.2 Å². The van der Waals surface area contributed by atoms with Gasteiger partial charge < -0.3 is 19.7 Å². The fraction of sp³-hybridized carbons (Fsp3) is 0.333. The molecule has 2 heterocycles. The van der Waals surface area contributed by atoms with Gasteiger partial charge in [0.15, 0.2) is 11.5 Å². The Morgan fingerprint density at radius 2 is 1.75 bits per heavy atom. The predicted molar refractivity (Wildman–Crippen MR) is 105 cm³/mol. The third-order valence-corrected chi connectivity index (χ3v) is 5.30. The number of likely N-dealkylation sites (tertiary alicyclic amines) is 1. The van der Waals surface area contributed by atoms with E-state index >= 15 is 0 Å². The highest BCUT2D eigenvalue weighted by Gasteiger charge is 2.26. The number of hydrogen-bond acceptors (Lipinski definition) is 4. The van der Waals surface area contributed by atoms with Crippen molar-refractivity contribution < 1.29 is 19.1 Å². The van der Waals surface area contributed by atoms with Crippen LogP contribution in [0.4, 0.5) is 0 Å². The number of benzene rings is 2. The number of nitrogens with zero attached hydrogens (tertiary/aromatic N) is 1. The molecule has 7 heteroatoms. The molecular formula is C21H21ClN2O4. The van der Waals surface area contributed by atoms with Crippen LogP contribution in [0.3, 0.4) is 0 Å². The molecule has 146 valence electrons. The second kappa shape index (κ2) is 8.10. The van der Waals surface area contributed by atoms with Crippen molar-refractivity contribution in [2.75, 3.05) is 19.9 Å². The zero-order valence-electron chi connectivity index (χ0n) is 15.3. The average molecular weight is 401 g/mol. The first kappa shape index (κ1) is 18.6. The largest absolute Gasteiger partial charge is 0.454 e. The molecule has 4 rings (SSSR count). The number of amides is 2. The summed E-state index contributed by atoms with van der Waals surface area (Å²) in [5, 5.41) is 3.72. The zero-order chi connectivity index (χ0) is 19.5. The van der Waals surface area contributed by atoms with Crippen LogP contribution in [0.15, 0.2) is 42.5 Å². The highest BCUT2D eigenvalue weighted by atomic mass is 35.5. The number of halogens is 1. The highest BCUT2D eigenvalue weighted by molar-refractivity contribution is 6.30. The molecule has 0 saturated carbocycles. The van der Waals surface area contributed by atoms with Crippen molar-refractivity contribution in [3.8, 4) is 11.5 Å². The van der Waals surface area contributed by atoms with E-state index in [1.54, 1.807) is 30.3 Å². The van der Waals surface area contributed by atoms with Crippen LogP contribution in [-0.2, 0) is 11.2 Å². The van der Waals surface area contributed by atoms with Crippen molar-refractivity contribution in [1.29, 1.82) is 0 Å². The molecule has 0 aromatic heterocycles. The first-order valence-electron chi connectivity index (χ1n) is 9.31. The van der Waals surface area contributed by atoms with E-state index in [1.165, 1.54) is 0 Å². The molecule has 1 fully saturated rings. The number of carbonyl (C=O) groups is 2. The number of hydrogen-bond donors (Lipinski definition) is 1. The summed E-state index contributed by atoms with van der Waals surface area (Å²) in [5.74, 6) is 1.24. The molecule has 0 bridgehead atoms. The fourth-order valence-electron chi connectivity index (χ4n) is 3.51. The van der Waals surface area contributed by atoms with Gasteiger partial charge in [0.2, 0.25) is 12.7 Å². The smallest absolute Gasteiger partial charge is 0.253 e. The molecule has 0 spiro atoms. The Balaban J connectivity index is 1.27. The normalized spacial score (nSPS) is 16.1. The number of piperidine rings is 1. The van der Waals surface area contributed by atoms with Gasteiger partial charge in [0, 0.05) is 29.7 Å². The van der Waals surface area contributed by atoms with Crippen LogP contribution >= 0.6 is 11.6 Å². The summed E-state index contributed by atoms with van der Waals surface area (Å²) in [6.45, 7) is 1.41. The van der Waals surface area contributed by atoms with Gasteiger partial charge >= 0.3 is 0 Å². The van der Waals surface area contributed by atoms with E-state index in [0.29, 0.717) is 41.6 Å². The van der Waals surface area contributed by atoms with Gasteiger partial charge in [0.1, 0.15) is 0 Å². The zero-order valence-corrected chi connectivity index (χ0v) is 16.1. The van der Waals surface area contributed by atoms with Crippen LogP contribution in [0, 0.1) is 0 Å². The molecule has 2 aliphatic rings. The van der Waals surface area contributed by atoms with Gasteiger partial charge in [-0.25, -0.2) is 0 Å². The van der Waals surface area contributed by atoms with Gasteiger partial charge in [-0.2, -0.15) is 0 Å². The van der Waals surface area contributed by atoms with Gasteiger partial charge in [-0.1, -0.05) is 23.7 Å². The molecule has 6 nitrogen and oxygen atoms in total. The van der Waals surface area contributed by atoms with E-state index in [2.05, 4.69) is 5.32 Å². The summed E-state index contributed by atoms with van der Waals surface area (Å²) in [7, 11) is 0. The lowest BCUT2D eigenvalue weighted by atomic mass is 10.0. The van der Waals surface area contributed by atoms with Crippen LogP contribution in [0.1, 0.15) is 28.8 Å². The predicted octanol–water partition coefficient (Wildman–Crippen LogP) is 3.03. The van der Waals surface area contributed by atoms with Gasteiger partial charge in [-0.3, -0.25) is 9.59 Å². The topological polar surface area (TPSA) is 67.9 Å². The Bertz CT molecular complexity index is 876. The van der Waals surface area contributed by atoms with E-state index in [0.717, 1.165) is 18.4 Å². The number of rotatable bonds is 4. The van der Waals surface area contributed by atoms with Crippen molar-refractivity contribution in [3.05, 3.63) is 58.6 Å². The Labute approximate surface area is 168 Å². The van der Waals surface area contributed by atoms with E-state index in [1.807, 2.05) is 17.0 Å². The van der Waals surface area contributed by atoms with E-state index < -0.39 is 0 Å². The van der Waals surface area contributed by atoms with Crippen molar-refractivity contribution in [2.24, 2.45) is 0 Å².